The third-order valence-electron chi connectivity index (χ3n) is 4.95. The Morgan fingerprint density at radius 2 is 2.00 bits per heavy atom. The third kappa shape index (κ3) is 2.06. The zero-order valence-electron chi connectivity index (χ0n) is 11.7. The lowest BCUT2D eigenvalue weighted by Gasteiger charge is -2.19. The molecule has 4 nitrogen and oxygen atoms in total. The van der Waals surface area contributed by atoms with Crippen molar-refractivity contribution >= 4 is 5.97 Å². The van der Waals surface area contributed by atoms with Crippen molar-refractivity contribution < 1.29 is 14.3 Å². The first kappa shape index (κ1) is 12.6. The van der Waals surface area contributed by atoms with Gasteiger partial charge in [0.2, 0.25) is 5.89 Å². The average molecular weight is 283 g/mol. The molecule has 0 saturated heterocycles. The van der Waals surface area contributed by atoms with Gasteiger partial charge in [0.1, 0.15) is 5.76 Å². The Kier molecular flexibility index (Phi) is 2.84. The number of carbonyl (C=O) groups is 1. The molecule has 1 heterocycles. The molecule has 0 amide bonds. The molecule has 2 bridgehead atoms. The summed E-state index contributed by atoms with van der Waals surface area (Å²) in [6.45, 7) is 0. The van der Waals surface area contributed by atoms with E-state index in [4.69, 9.17) is 4.42 Å². The minimum Gasteiger partial charge on any atom is -0.476 e. The SMILES string of the molecule is O=C(O)c1nc(-c2ccccc2)oc1C1CC2CCC1C2. The fourth-order valence-corrected chi connectivity index (χ4v) is 4.01. The highest BCUT2D eigenvalue weighted by Gasteiger charge is 2.44. The minimum atomic E-state index is -0.987. The number of benzene rings is 1. The summed E-state index contributed by atoms with van der Waals surface area (Å²) in [4.78, 5) is 15.7. The molecule has 1 aromatic heterocycles. The van der Waals surface area contributed by atoms with Gasteiger partial charge < -0.3 is 9.52 Å². The Morgan fingerprint density at radius 3 is 2.62 bits per heavy atom. The van der Waals surface area contributed by atoms with E-state index in [1.807, 2.05) is 30.3 Å². The van der Waals surface area contributed by atoms with E-state index < -0.39 is 5.97 Å². The summed E-state index contributed by atoms with van der Waals surface area (Å²) in [6.07, 6.45) is 4.73. The molecule has 4 rings (SSSR count). The van der Waals surface area contributed by atoms with Gasteiger partial charge in [-0.25, -0.2) is 9.78 Å². The van der Waals surface area contributed by atoms with Gasteiger partial charge in [-0.1, -0.05) is 24.6 Å². The van der Waals surface area contributed by atoms with Crippen molar-refractivity contribution in [3.05, 3.63) is 41.8 Å². The number of aromatic nitrogens is 1. The largest absolute Gasteiger partial charge is 0.476 e. The van der Waals surface area contributed by atoms with Crippen LogP contribution < -0.4 is 0 Å². The van der Waals surface area contributed by atoms with Crippen LogP contribution in [-0.4, -0.2) is 16.1 Å². The van der Waals surface area contributed by atoms with Crippen LogP contribution in [-0.2, 0) is 0 Å². The van der Waals surface area contributed by atoms with E-state index in [0.29, 0.717) is 17.6 Å². The summed E-state index contributed by atoms with van der Waals surface area (Å²) in [7, 11) is 0. The number of hydrogen-bond donors (Lipinski definition) is 1. The minimum absolute atomic E-state index is 0.103. The van der Waals surface area contributed by atoms with Crippen LogP contribution in [0.5, 0.6) is 0 Å². The third-order valence-corrected chi connectivity index (χ3v) is 4.95. The molecule has 3 atom stereocenters. The molecule has 2 aliphatic rings. The lowest BCUT2D eigenvalue weighted by Crippen LogP contribution is -2.12. The van der Waals surface area contributed by atoms with Crippen LogP contribution in [0.4, 0.5) is 0 Å². The van der Waals surface area contributed by atoms with Crippen LogP contribution in [0.2, 0.25) is 0 Å². The second kappa shape index (κ2) is 4.72. The molecule has 0 radical (unpaired) electrons. The van der Waals surface area contributed by atoms with E-state index in [2.05, 4.69) is 4.98 Å². The first-order valence-corrected chi connectivity index (χ1v) is 7.52. The van der Waals surface area contributed by atoms with Crippen molar-refractivity contribution in [1.29, 1.82) is 0 Å². The van der Waals surface area contributed by atoms with Gasteiger partial charge in [0, 0.05) is 11.5 Å². The lowest BCUT2D eigenvalue weighted by atomic mass is 9.86. The number of aromatic carboxylic acids is 1. The Labute approximate surface area is 122 Å². The first-order valence-electron chi connectivity index (χ1n) is 7.52. The van der Waals surface area contributed by atoms with Crippen LogP contribution in [0.25, 0.3) is 11.5 Å². The maximum absolute atomic E-state index is 11.5. The smallest absolute Gasteiger partial charge is 0.358 e. The Hall–Kier alpha value is -2.10. The van der Waals surface area contributed by atoms with Crippen molar-refractivity contribution in [3.63, 3.8) is 0 Å². The van der Waals surface area contributed by atoms with Gasteiger partial charge >= 0.3 is 5.97 Å². The highest BCUT2D eigenvalue weighted by Crippen LogP contribution is 2.53. The Balaban J connectivity index is 1.76. The van der Waals surface area contributed by atoms with Gasteiger partial charge in [-0.05, 0) is 43.2 Å². The van der Waals surface area contributed by atoms with Crippen molar-refractivity contribution in [2.24, 2.45) is 11.8 Å². The number of oxazole rings is 1. The molecule has 3 unspecified atom stereocenters. The molecular weight excluding hydrogens is 266 g/mol. The number of carboxylic acids is 1. The monoisotopic (exact) mass is 283 g/mol. The zero-order chi connectivity index (χ0) is 14.4. The fourth-order valence-electron chi connectivity index (χ4n) is 4.01. The molecule has 1 aromatic carbocycles. The molecule has 2 saturated carbocycles. The van der Waals surface area contributed by atoms with Crippen LogP contribution in [0.1, 0.15) is 47.8 Å². The van der Waals surface area contributed by atoms with Crippen molar-refractivity contribution in [3.8, 4) is 11.5 Å². The second-order valence-corrected chi connectivity index (χ2v) is 6.18. The Bertz CT molecular complexity index is 677. The van der Waals surface area contributed by atoms with Gasteiger partial charge in [-0.2, -0.15) is 0 Å². The van der Waals surface area contributed by atoms with Crippen molar-refractivity contribution in [2.75, 3.05) is 0 Å². The van der Waals surface area contributed by atoms with E-state index >= 15 is 0 Å². The summed E-state index contributed by atoms with van der Waals surface area (Å²) >= 11 is 0. The van der Waals surface area contributed by atoms with Crippen LogP contribution in [0.3, 0.4) is 0 Å². The number of carboxylic acid groups (broad SMARTS) is 1. The zero-order valence-corrected chi connectivity index (χ0v) is 11.7. The molecule has 21 heavy (non-hydrogen) atoms. The molecule has 2 fully saturated rings. The fraction of sp³-hybridized carbons (Fsp3) is 0.412. The number of nitrogens with zero attached hydrogens (tertiary/aromatic N) is 1. The standard InChI is InChI=1S/C17H17NO3/c19-17(20)14-15(13-9-10-6-7-12(13)8-10)21-16(18-14)11-4-2-1-3-5-11/h1-5,10,12-13H,6-9H2,(H,19,20). The predicted octanol–water partition coefficient (Wildman–Crippen LogP) is 3.94. The molecular formula is C17H17NO3. The van der Waals surface area contributed by atoms with Crippen molar-refractivity contribution in [1.82, 2.24) is 4.98 Å². The van der Waals surface area contributed by atoms with Gasteiger partial charge in [0.05, 0.1) is 0 Å². The molecule has 0 spiro atoms. The Morgan fingerprint density at radius 1 is 1.19 bits per heavy atom. The van der Waals surface area contributed by atoms with Gasteiger partial charge in [0.25, 0.3) is 0 Å². The quantitative estimate of drug-likeness (QED) is 0.926. The van der Waals surface area contributed by atoms with Crippen LogP contribution in [0.15, 0.2) is 34.7 Å². The lowest BCUT2D eigenvalue weighted by molar-refractivity contribution is 0.0687. The van der Waals surface area contributed by atoms with Crippen molar-refractivity contribution in [2.45, 2.75) is 31.6 Å². The normalized spacial score (nSPS) is 27.1. The summed E-state index contributed by atoms with van der Waals surface area (Å²) in [5.41, 5.74) is 0.931. The number of rotatable bonds is 3. The molecule has 108 valence electrons. The average Bonchev–Trinajstić information content (AvgIpc) is 3.22. The molecule has 4 heteroatoms. The maximum atomic E-state index is 11.5. The van der Waals surface area contributed by atoms with Gasteiger partial charge in [-0.3, -0.25) is 0 Å². The van der Waals surface area contributed by atoms with E-state index in [-0.39, 0.29) is 11.6 Å². The summed E-state index contributed by atoms with van der Waals surface area (Å²) in [5.74, 6) is 1.58. The van der Waals surface area contributed by atoms with Gasteiger partial charge in [-0.15, -0.1) is 0 Å². The predicted molar refractivity (Wildman–Crippen MR) is 77.1 cm³/mol. The first-order chi connectivity index (χ1) is 10.2. The van der Waals surface area contributed by atoms with E-state index in [0.717, 1.165) is 17.9 Å². The molecule has 0 aliphatic heterocycles. The van der Waals surface area contributed by atoms with E-state index in [9.17, 15) is 9.90 Å². The topological polar surface area (TPSA) is 63.3 Å². The second-order valence-electron chi connectivity index (χ2n) is 6.18. The molecule has 1 N–H and O–H groups in total. The van der Waals surface area contributed by atoms with E-state index in [1.165, 1.54) is 19.3 Å². The summed E-state index contributed by atoms with van der Waals surface area (Å²) in [6, 6.07) is 9.50. The number of hydrogen-bond acceptors (Lipinski definition) is 3. The highest BCUT2D eigenvalue weighted by atomic mass is 16.4. The summed E-state index contributed by atoms with van der Waals surface area (Å²) in [5, 5.41) is 9.43. The van der Waals surface area contributed by atoms with Gasteiger partial charge in [0.15, 0.2) is 5.69 Å². The molecule has 2 aromatic rings. The van der Waals surface area contributed by atoms with Crippen LogP contribution in [0, 0.1) is 11.8 Å². The number of fused-ring (bicyclic) bond motifs is 2. The molecule has 2 aliphatic carbocycles. The van der Waals surface area contributed by atoms with Crippen LogP contribution >= 0.6 is 0 Å². The maximum Gasteiger partial charge on any atom is 0.358 e. The highest BCUT2D eigenvalue weighted by molar-refractivity contribution is 5.87. The van der Waals surface area contributed by atoms with E-state index in [1.54, 1.807) is 0 Å². The summed E-state index contributed by atoms with van der Waals surface area (Å²) < 4.78 is 5.91.